The highest BCUT2D eigenvalue weighted by atomic mass is 35.5. The number of para-hydroxylation sites is 1. The van der Waals surface area contributed by atoms with Crippen LogP contribution in [0.3, 0.4) is 0 Å². The van der Waals surface area contributed by atoms with Crippen LogP contribution in [0.2, 0.25) is 5.02 Å². The average Bonchev–Trinajstić information content (AvgIpc) is 2.46. The second-order valence-corrected chi connectivity index (χ2v) is 6.49. The number of alkyl halides is 3. The number of sulfonamides is 1. The Hall–Kier alpha value is -2.24. The largest absolute Gasteiger partial charge is 0.417 e. The van der Waals surface area contributed by atoms with Gasteiger partial charge in [-0.15, -0.1) is 0 Å². The average molecular weight is 361 g/mol. The van der Waals surface area contributed by atoms with Gasteiger partial charge in [0.25, 0.3) is 10.0 Å². The fourth-order valence-electron chi connectivity index (χ4n) is 1.76. The summed E-state index contributed by atoms with van der Waals surface area (Å²) in [6.07, 6.45) is -4.78. The zero-order chi connectivity index (χ0) is 17.3. The molecule has 0 aliphatic rings. The van der Waals surface area contributed by atoms with Crippen molar-refractivity contribution in [1.82, 2.24) is 0 Å². The first-order chi connectivity index (χ1) is 10.6. The molecular weight excluding hydrogens is 353 g/mol. The van der Waals surface area contributed by atoms with Crippen LogP contribution >= 0.6 is 11.6 Å². The van der Waals surface area contributed by atoms with Gasteiger partial charge in [0.05, 0.1) is 26.7 Å². The van der Waals surface area contributed by atoms with Crippen LogP contribution in [0.25, 0.3) is 0 Å². The molecule has 2 aromatic rings. The van der Waals surface area contributed by atoms with E-state index in [4.69, 9.17) is 16.9 Å². The van der Waals surface area contributed by atoms with Gasteiger partial charge in [-0.25, -0.2) is 8.42 Å². The lowest BCUT2D eigenvalue weighted by atomic mass is 10.2. The molecule has 0 aromatic heterocycles. The highest BCUT2D eigenvalue weighted by molar-refractivity contribution is 7.92. The summed E-state index contributed by atoms with van der Waals surface area (Å²) in [6, 6.07) is 9.76. The number of rotatable bonds is 3. The van der Waals surface area contributed by atoms with Crippen LogP contribution in [0.1, 0.15) is 11.1 Å². The molecule has 2 aromatic carbocycles. The van der Waals surface area contributed by atoms with Crippen molar-refractivity contribution in [1.29, 1.82) is 5.26 Å². The normalized spacial score (nSPS) is 11.8. The number of halogens is 4. The highest BCUT2D eigenvalue weighted by Gasteiger charge is 2.34. The fraction of sp³-hybridized carbons (Fsp3) is 0.0714. The van der Waals surface area contributed by atoms with Gasteiger partial charge in [-0.05, 0) is 30.3 Å². The van der Waals surface area contributed by atoms with Crippen molar-refractivity contribution in [2.24, 2.45) is 0 Å². The molecule has 0 unspecified atom stereocenters. The van der Waals surface area contributed by atoms with Crippen LogP contribution in [0, 0.1) is 11.3 Å². The lowest BCUT2D eigenvalue weighted by Crippen LogP contribution is -2.15. The van der Waals surface area contributed by atoms with E-state index in [-0.39, 0.29) is 11.3 Å². The summed E-state index contributed by atoms with van der Waals surface area (Å²) in [6.45, 7) is 0. The molecule has 0 saturated heterocycles. The molecule has 120 valence electrons. The standard InChI is InChI=1S/C14H8ClF3N2O2S/c15-12-6-5-10(7-11(12)14(16,17)18)23(21,22)20-13-4-2-1-3-9(13)8-19/h1-7,20H. The summed E-state index contributed by atoms with van der Waals surface area (Å²) >= 11 is 5.46. The molecule has 0 bridgehead atoms. The molecule has 2 rings (SSSR count). The quantitative estimate of drug-likeness (QED) is 0.898. The van der Waals surface area contributed by atoms with E-state index in [0.717, 1.165) is 12.1 Å². The summed E-state index contributed by atoms with van der Waals surface area (Å²) in [5, 5.41) is 8.32. The van der Waals surface area contributed by atoms with E-state index in [1.807, 2.05) is 0 Å². The van der Waals surface area contributed by atoms with Crippen molar-refractivity contribution in [3.8, 4) is 6.07 Å². The second kappa shape index (κ2) is 6.10. The number of hydrogen-bond donors (Lipinski definition) is 1. The molecule has 0 radical (unpaired) electrons. The molecule has 0 amide bonds. The second-order valence-electron chi connectivity index (χ2n) is 4.40. The van der Waals surface area contributed by atoms with Crippen molar-refractivity contribution in [3.05, 3.63) is 58.6 Å². The number of hydrogen-bond acceptors (Lipinski definition) is 3. The molecule has 0 heterocycles. The Morgan fingerprint density at radius 2 is 1.78 bits per heavy atom. The Labute approximate surface area is 135 Å². The Bertz CT molecular complexity index is 890. The predicted molar refractivity (Wildman–Crippen MR) is 78.4 cm³/mol. The molecule has 0 aliphatic heterocycles. The highest BCUT2D eigenvalue weighted by Crippen LogP contribution is 2.36. The summed E-state index contributed by atoms with van der Waals surface area (Å²) in [5.74, 6) is 0. The van der Waals surface area contributed by atoms with E-state index in [9.17, 15) is 21.6 Å². The lowest BCUT2D eigenvalue weighted by molar-refractivity contribution is -0.137. The van der Waals surface area contributed by atoms with Crippen LogP contribution in [0.4, 0.5) is 18.9 Å². The molecule has 23 heavy (non-hydrogen) atoms. The van der Waals surface area contributed by atoms with Crippen molar-refractivity contribution in [3.63, 3.8) is 0 Å². The number of anilines is 1. The molecule has 0 fully saturated rings. The first-order valence-corrected chi connectivity index (χ1v) is 7.90. The molecule has 1 N–H and O–H groups in total. The molecule has 0 aliphatic carbocycles. The monoisotopic (exact) mass is 360 g/mol. The Kier molecular flexibility index (Phi) is 4.54. The van der Waals surface area contributed by atoms with Crippen LogP contribution < -0.4 is 4.72 Å². The van der Waals surface area contributed by atoms with E-state index in [0.29, 0.717) is 6.07 Å². The minimum atomic E-state index is -4.78. The first-order valence-electron chi connectivity index (χ1n) is 6.04. The van der Waals surface area contributed by atoms with E-state index >= 15 is 0 Å². The van der Waals surface area contributed by atoms with Gasteiger partial charge in [-0.3, -0.25) is 4.72 Å². The third kappa shape index (κ3) is 3.75. The van der Waals surface area contributed by atoms with Crippen molar-refractivity contribution in [2.45, 2.75) is 11.1 Å². The molecule has 0 spiro atoms. The van der Waals surface area contributed by atoms with Crippen LogP contribution in [0.15, 0.2) is 47.4 Å². The Morgan fingerprint density at radius 1 is 1.13 bits per heavy atom. The van der Waals surface area contributed by atoms with Gasteiger partial charge >= 0.3 is 6.18 Å². The maximum Gasteiger partial charge on any atom is 0.417 e. The maximum absolute atomic E-state index is 12.8. The first kappa shape index (κ1) is 17.1. The topological polar surface area (TPSA) is 70.0 Å². The smallest absolute Gasteiger partial charge is 0.278 e. The summed E-state index contributed by atoms with van der Waals surface area (Å²) in [7, 11) is -4.31. The van der Waals surface area contributed by atoms with E-state index < -0.39 is 31.7 Å². The number of nitriles is 1. The van der Waals surface area contributed by atoms with Gasteiger partial charge in [0, 0.05) is 0 Å². The molecule has 0 saturated carbocycles. The summed E-state index contributed by atoms with van der Waals surface area (Å²) in [5.41, 5.74) is -1.24. The molecule has 9 heteroatoms. The van der Waals surface area contributed by atoms with Gasteiger partial charge in [-0.1, -0.05) is 23.7 Å². The molecular formula is C14H8ClF3N2O2S. The lowest BCUT2D eigenvalue weighted by Gasteiger charge is -2.13. The van der Waals surface area contributed by atoms with Crippen molar-refractivity contribution in [2.75, 3.05) is 4.72 Å². The number of benzene rings is 2. The van der Waals surface area contributed by atoms with E-state index in [1.165, 1.54) is 24.3 Å². The van der Waals surface area contributed by atoms with Crippen molar-refractivity contribution >= 4 is 27.3 Å². The van der Waals surface area contributed by atoms with Crippen LogP contribution in [0.5, 0.6) is 0 Å². The van der Waals surface area contributed by atoms with Gasteiger partial charge < -0.3 is 0 Å². The van der Waals surface area contributed by atoms with Crippen LogP contribution in [-0.4, -0.2) is 8.42 Å². The third-order valence-electron chi connectivity index (χ3n) is 2.85. The van der Waals surface area contributed by atoms with Crippen molar-refractivity contribution < 1.29 is 21.6 Å². The maximum atomic E-state index is 12.8. The Morgan fingerprint density at radius 3 is 2.39 bits per heavy atom. The third-order valence-corrected chi connectivity index (χ3v) is 4.54. The molecule has 0 atom stereocenters. The zero-order valence-corrected chi connectivity index (χ0v) is 12.8. The van der Waals surface area contributed by atoms with E-state index in [1.54, 1.807) is 6.07 Å². The fourth-order valence-corrected chi connectivity index (χ4v) is 3.09. The van der Waals surface area contributed by atoms with Gasteiger partial charge in [0.1, 0.15) is 6.07 Å². The van der Waals surface area contributed by atoms with E-state index in [2.05, 4.69) is 4.72 Å². The van der Waals surface area contributed by atoms with Gasteiger partial charge in [-0.2, -0.15) is 18.4 Å². The summed E-state index contributed by atoms with van der Waals surface area (Å²) < 4.78 is 65.0. The van der Waals surface area contributed by atoms with Gasteiger partial charge in [0.2, 0.25) is 0 Å². The number of nitrogens with one attached hydrogen (secondary N) is 1. The van der Waals surface area contributed by atoms with Crippen LogP contribution in [-0.2, 0) is 16.2 Å². The molecule has 4 nitrogen and oxygen atoms in total. The zero-order valence-electron chi connectivity index (χ0n) is 11.2. The SMILES string of the molecule is N#Cc1ccccc1NS(=O)(=O)c1ccc(Cl)c(C(F)(F)F)c1. The van der Waals surface area contributed by atoms with Gasteiger partial charge in [0.15, 0.2) is 0 Å². The Balaban J connectivity index is 2.47. The predicted octanol–water partition coefficient (Wildman–Crippen LogP) is 4.03. The number of nitrogens with zero attached hydrogens (tertiary/aromatic N) is 1. The minimum absolute atomic E-state index is 0.0292. The minimum Gasteiger partial charge on any atom is -0.278 e. The summed E-state index contributed by atoms with van der Waals surface area (Å²) in [4.78, 5) is -0.609.